The summed E-state index contributed by atoms with van der Waals surface area (Å²) in [4.78, 5) is 2.48. The Morgan fingerprint density at radius 3 is 2.85 bits per heavy atom. The molecule has 0 amide bonds. The highest BCUT2D eigenvalue weighted by Gasteiger charge is 2.26. The fourth-order valence-corrected chi connectivity index (χ4v) is 3.31. The highest BCUT2D eigenvalue weighted by atomic mass is 79.9. The second kappa shape index (κ2) is 6.81. The van der Waals surface area contributed by atoms with Gasteiger partial charge in [0, 0.05) is 35.7 Å². The van der Waals surface area contributed by atoms with Crippen LogP contribution in [0.2, 0.25) is 0 Å². The van der Waals surface area contributed by atoms with E-state index in [4.69, 9.17) is 4.74 Å². The highest BCUT2D eigenvalue weighted by Crippen LogP contribution is 2.33. The van der Waals surface area contributed by atoms with Crippen LogP contribution in [-0.2, 0) is 0 Å². The number of halogens is 1. The number of nitrogens with zero attached hydrogens (tertiary/aromatic N) is 1. The van der Waals surface area contributed by atoms with E-state index in [9.17, 15) is 0 Å². The molecule has 0 aromatic heterocycles. The van der Waals surface area contributed by atoms with Crippen molar-refractivity contribution in [3.8, 4) is 5.75 Å². The molecule has 0 spiro atoms. The van der Waals surface area contributed by atoms with Crippen LogP contribution >= 0.6 is 15.9 Å². The fraction of sp³-hybridized carbons (Fsp3) is 0.625. The largest absolute Gasteiger partial charge is 0.497 e. The average Bonchev–Trinajstić information content (AvgIpc) is 2.41. The topological polar surface area (TPSA) is 24.5 Å². The van der Waals surface area contributed by atoms with Gasteiger partial charge < -0.3 is 15.0 Å². The summed E-state index contributed by atoms with van der Waals surface area (Å²) in [6.07, 6.45) is 1.21. The molecule has 2 unspecified atom stereocenters. The molecule has 1 aromatic carbocycles. The smallest absolute Gasteiger partial charge is 0.121 e. The lowest BCUT2D eigenvalue weighted by Crippen LogP contribution is -2.56. The van der Waals surface area contributed by atoms with E-state index in [-0.39, 0.29) is 0 Å². The van der Waals surface area contributed by atoms with E-state index in [1.165, 1.54) is 12.1 Å². The van der Waals surface area contributed by atoms with E-state index in [0.29, 0.717) is 12.1 Å². The molecule has 1 heterocycles. The molecule has 0 aliphatic carbocycles. The monoisotopic (exact) mass is 340 g/mol. The summed E-state index contributed by atoms with van der Waals surface area (Å²) in [5.41, 5.74) is 1.23. The Balaban J connectivity index is 2.20. The van der Waals surface area contributed by atoms with Crippen molar-refractivity contribution in [2.75, 3.05) is 25.1 Å². The third-order valence-corrected chi connectivity index (χ3v) is 4.54. The molecule has 1 N–H and O–H groups in total. The van der Waals surface area contributed by atoms with Gasteiger partial charge in [-0.25, -0.2) is 0 Å². The minimum atomic E-state index is 0.488. The molecule has 2 rings (SSSR count). The van der Waals surface area contributed by atoms with Crippen LogP contribution in [0.4, 0.5) is 5.69 Å². The standard InChI is InChI=1S/C16H25BrN2O/c1-11(2)7-13-10-19(12(3)9-18-13)16-8-14(20-4)5-6-15(16)17/h5-6,8,11-13,18H,7,9-10H2,1-4H3. The van der Waals surface area contributed by atoms with Crippen LogP contribution in [0.3, 0.4) is 0 Å². The first-order valence-electron chi connectivity index (χ1n) is 7.34. The van der Waals surface area contributed by atoms with Crippen molar-refractivity contribution in [2.45, 2.75) is 39.3 Å². The van der Waals surface area contributed by atoms with Crippen LogP contribution in [-0.4, -0.2) is 32.3 Å². The number of rotatable bonds is 4. The second-order valence-corrected chi connectivity index (χ2v) is 6.91. The Hall–Kier alpha value is -0.740. The van der Waals surface area contributed by atoms with Gasteiger partial charge in [0.2, 0.25) is 0 Å². The summed E-state index contributed by atoms with van der Waals surface area (Å²) in [7, 11) is 1.72. The summed E-state index contributed by atoms with van der Waals surface area (Å²) in [5.74, 6) is 1.63. The van der Waals surface area contributed by atoms with Crippen LogP contribution in [0.1, 0.15) is 27.2 Å². The molecular weight excluding hydrogens is 316 g/mol. The predicted octanol–water partition coefficient (Wildman–Crippen LogP) is 3.67. The van der Waals surface area contributed by atoms with E-state index >= 15 is 0 Å². The van der Waals surface area contributed by atoms with E-state index in [1.54, 1.807) is 7.11 Å². The van der Waals surface area contributed by atoms with Crippen molar-refractivity contribution in [2.24, 2.45) is 5.92 Å². The van der Waals surface area contributed by atoms with Gasteiger partial charge in [-0.2, -0.15) is 0 Å². The van der Waals surface area contributed by atoms with Gasteiger partial charge in [0.25, 0.3) is 0 Å². The second-order valence-electron chi connectivity index (χ2n) is 6.05. The van der Waals surface area contributed by atoms with Crippen molar-refractivity contribution in [1.29, 1.82) is 0 Å². The minimum Gasteiger partial charge on any atom is -0.497 e. The molecular formula is C16H25BrN2O. The zero-order valence-electron chi connectivity index (χ0n) is 12.8. The number of benzene rings is 1. The lowest BCUT2D eigenvalue weighted by atomic mass is 9.99. The van der Waals surface area contributed by atoms with Crippen molar-refractivity contribution < 1.29 is 4.74 Å². The summed E-state index contributed by atoms with van der Waals surface area (Å²) >= 11 is 3.68. The van der Waals surface area contributed by atoms with Crippen LogP contribution in [0.5, 0.6) is 5.75 Å². The van der Waals surface area contributed by atoms with Crippen molar-refractivity contribution in [3.63, 3.8) is 0 Å². The van der Waals surface area contributed by atoms with Gasteiger partial charge in [-0.15, -0.1) is 0 Å². The van der Waals surface area contributed by atoms with Gasteiger partial charge in [-0.05, 0) is 47.3 Å². The molecule has 0 bridgehead atoms. The zero-order chi connectivity index (χ0) is 14.7. The number of anilines is 1. The lowest BCUT2D eigenvalue weighted by molar-refractivity contribution is 0.355. The Morgan fingerprint density at radius 1 is 1.45 bits per heavy atom. The number of ether oxygens (including phenoxy) is 1. The molecule has 112 valence electrons. The molecule has 0 saturated carbocycles. The van der Waals surface area contributed by atoms with Crippen molar-refractivity contribution >= 4 is 21.6 Å². The molecule has 1 aromatic rings. The number of hydrogen-bond donors (Lipinski definition) is 1. The molecule has 3 nitrogen and oxygen atoms in total. The van der Waals surface area contributed by atoms with E-state index in [1.807, 2.05) is 6.07 Å². The third kappa shape index (κ3) is 3.67. The number of methoxy groups -OCH3 is 1. The first kappa shape index (κ1) is 15.6. The highest BCUT2D eigenvalue weighted by molar-refractivity contribution is 9.10. The molecule has 1 saturated heterocycles. The SMILES string of the molecule is COc1ccc(Br)c(N2CC(CC(C)C)NCC2C)c1. The minimum absolute atomic E-state index is 0.488. The number of nitrogens with one attached hydrogen (secondary N) is 1. The molecule has 1 fully saturated rings. The number of hydrogen-bond acceptors (Lipinski definition) is 3. The normalized spacial score (nSPS) is 23.2. The molecule has 1 aliphatic rings. The van der Waals surface area contributed by atoms with Gasteiger partial charge in [0.05, 0.1) is 12.8 Å². The van der Waals surface area contributed by atoms with E-state index in [2.05, 4.69) is 59.1 Å². The van der Waals surface area contributed by atoms with Crippen molar-refractivity contribution in [1.82, 2.24) is 5.32 Å². The zero-order valence-corrected chi connectivity index (χ0v) is 14.4. The molecule has 20 heavy (non-hydrogen) atoms. The maximum absolute atomic E-state index is 5.36. The van der Waals surface area contributed by atoms with Crippen LogP contribution < -0.4 is 15.0 Å². The lowest BCUT2D eigenvalue weighted by Gasteiger charge is -2.41. The summed E-state index contributed by atoms with van der Waals surface area (Å²) in [6, 6.07) is 7.23. The Labute approximate surface area is 130 Å². The molecule has 4 heteroatoms. The Bertz CT molecular complexity index is 450. The first-order chi connectivity index (χ1) is 9.51. The quantitative estimate of drug-likeness (QED) is 0.904. The summed E-state index contributed by atoms with van der Waals surface area (Å²) in [6.45, 7) is 8.91. The molecule has 0 radical (unpaired) electrons. The van der Waals surface area contributed by atoms with Gasteiger partial charge >= 0.3 is 0 Å². The maximum Gasteiger partial charge on any atom is 0.121 e. The molecule has 1 aliphatic heterocycles. The third-order valence-electron chi connectivity index (χ3n) is 3.87. The van der Waals surface area contributed by atoms with Gasteiger partial charge in [0.15, 0.2) is 0 Å². The molecule has 2 atom stereocenters. The summed E-state index contributed by atoms with van der Waals surface area (Å²) in [5, 5.41) is 3.66. The van der Waals surface area contributed by atoms with Gasteiger partial charge in [0.1, 0.15) is 5.75 Å². The predicted molar refractivity (Wildman–Crippen MR) is 88.7 cm³/mol. The Kier molecular flexibility index (Phi) is 5.33. The van der Waals surface area contributed by atoms with Gasteiger partial charge in [-0.1, -0.05) is 13.8 Å². The Morgan fingerprint density at radius 2 is 2.20 bits per heavy atom. The van der Waals surface area contributed by atoms with Crippen LogP contribution in [0, 0.1) is 5.92 Å². The fourth-order valence-electron chi connectivity index (χ4n) is 2.83. The van der Waals surface area contributed by atoms with E-state index in [0.717, 1.165) is 29.2 Å². The van der Waals surface area contributed by atoms with Crippen LogP contribution in [0.15, 0.2) is 22.7 Å². The van der Waals surface area contributed by atoms with Gasteiger partial charge in [-0.3, -0.25) is 0 Å². The first-order valence-corrected chi connectivity index (χ1v) is 8.14. The van der Waals surface area contributed by atoms with E-state index < -0.39 is 0 Å². The summed E-state index contributed by atoms with van der Waals surface area (Å²) < 4.78 is 6.50. The average molecular weight is 341 g/mol. The maximum atomic E-state index is 5.36. The van der Waals surface area contributed by atoms with Crippen LogP contribution in [0.25, 0.3) is 0 Å². The number of piperazine rings is 1. The van der Waals surface area contributed by atoms with Crippen molar-refractivity contribution in [3.05, 3.63) is 22.7 Å².